The van der Waals surface area contributed by atoms with Crippen molar-refractivity contribution >= 4 is 24.1 Å². The highest BCUT2D eigenvalue weighted by Gasteiger charge is 2.32. The Morgan fingerprint density at radius 1 is 0.686 bits per heavy atom. The van der Waals surface area contributed by atoms with Crippen LogP contribution in [0.15, 0.2) is 78.9 Å². The van der Waals surface area contributed by atoms with Crippen LogP contribution in [-0.4, -0.2) is 67.1 Å². The lowest BCUT2D eigenvalue weighted by molar-refractivity contribution is -0.150. The molecule has 11 heteroatoms. The fourth-order valence-corrected chi connectivity index (χ4v) is 5.63. The van der Waals surface area contributed by atoms with Gasteiger partial charge in [0, 0.05) is 12.5 Å². The van der Waals surface area contributed by atoms with Gasteiger partial charge in [-0.15, -0.1) is 0 Å². The van der Waals surface area contributed by atoms with E-state index in [2.05, 4.69) is 28.1 Å². The molecule has 0 bridgehead atoms. The predicted octanol–water partition coefficient (Wildman–Crippen LogP) is 6.63. The Kier molecular flexibility index (Phi) is 13.6. The molecule has 3 N–H and O–H groups in total. The Morgan fingerprint density at radius 2 is 1.29 bits per heavy atom. The number of hydrogen-bond acceptors (Lipinski definition) is 8. The van der Waals surface area contributed by atoms with Crippen molar-refractivity contribution in [3.8, 4) is 11.1 Å². The highest BCUT2D eigenvalue weighted by molar-refractivity contribution is 5.90. The first-order valence-electron chi connectivity index (χ1n) is 17.4. The molecule has 1 aliphatic carbocycles. The molecule has 4 rings (SSSR count). The molecule has 274 valence electrons. The molecule has 2 atom stereocenters. The Hall–Kier alpha value is -4.90. The summed E-state index contributed by atoms with van der Waals surface area (Å²) in [6.45, 7) is 11.1. The van der Waals surface area contributed by atoms with E-state index in [0.717, 1.165) is 27.8 Å². The number of rotatable bonds is 15. The zero-order valence-electron chi connectivity index (χ0n) is 30.5. The average Bonchev–Trinajstić information content (AvgIpc) is 3.40. The number of carbonyl (C=O) groups excluding carboxylic acids is 4. The molecular weight excluding hydrogens is 650 g/mol. The van der Waals surface area contributed by atoms with Gasteiger partial charge in [-0.1, -0.05) is 78.9 Å². The fourth-order valence-electron chi connectivity index (χ4n) is 5.63. The van der Waals surface area contributed by atoms with Crippen molar-refractivity contribution in [3.05, 3.63) is 95.6 Å². The van der Waals surface area contributed by atoms with Crippen LogP contribution in [0.3, 0.4) is 0 Å². The maximum atomic E-state index is 13.7. The standard InChI is InChI=1S/C40H51N3O8/c1-39(2,3)50-26-34(43-38(47)49-25-32-30-20-12-10-18-28(30)29-19-11-13-21-31(29)32)35(44)42-33(36(45)48-24-27-16-8-7-9-17-27)22-14-15-23-41-37(46)51-40(4,5)6/h7-13,16-21,32-34H,14-15,22-26H2,1-6H3,(H,41,46)(H,42,44)(H,43,47)/t33-,34-/m0/s1. The summed E-state index contributed by atoms with van der Waals surface area (Å²) in [5.74, 6) is -1.40. The van der Waals surface area contributed by atoms with Crippen LogP contribution in [-0.2, 0) is 35.1 Å². The van der Waals surface area contributed by atoms with Gasteiger partial charge in [0.1, 0.15) is 30.9 Å². The third-order valence-corrected chi connectivity index (χ3v) is 8.05. The van der Waals surface area contributed by atoms with Crippen molar-refractivity contribution in [2.75, 3.05) is 19.8 Å². The van der Waals surface area contributed by atoms with Gasteiger partial charge in [-0.05, 0) is 88.6 Å². The largest absolute Gasteiger partial charge is 0.459 e. The van der Waals surface area contributed by atoms with Gasteiger partial charge in [0.2, 0.25) is 5.91 Å². The summed E-state index contributed by atoms with van der Waals surface area (Å²) in [5.41, 5.74) is 3.89. The molecule has 3 aromatic carbocycles. The molecule has 0 saturated carbocycles. The summed E-state index contributed by atoms with van der Waals surface area (Å²) in [6, 6.07) is 23.1. The average molecular weight is 702 g/mol. The van der Waals surface area contributed by atoms with E-state index in [9.17, 15) is 19.2 Å². The summed E-state index contributed by atoms with van der Waals surface area (Å²) >= 11 is 0. The van der Waals surface area contributed by atoms with Gasteiger partial charge in [-0.2, -0.15) is 0 Å². The molecular formula is C40H51N3O8. The fraction of sp³-hybridized carbons (Fsp3) is 0.450. The van der Waals surface area contributed by atoms with E-state index in [1.54, 1.807) is 20.8 Å². The first-order valence-corrected chi connectivity index (χ1v) is 17.4. The first kappa shape index (κ1) is 38.9. The molecule has 0 spiro atoms. The number of hydrogen-bond donors (Lipinski definition) is 3. The molecule has 1 aliphatic rings. The lowest BCUT2D eigenvalue weighted by atomic mass is 9.98. The van der Waals surface area contributed by atoms with Crippen LogP contribution < -0.4 is 16.0 Å². The normalized spacial score (nSPS) is 13.6. The number of ether oxygens (including phenoxy) is 4. The number of amides is 3. The van der Waals surface area contributed by atoms with Gasteiger partial charge in [-0.25, -0.2) is 14.4 Å². The summed E-state index contributed by atoms with van der Waals surface area (Å²) in [4.78, 5) is 52.3. The van der Waals surface area contributed by atoms with Crippen molar-refractivity contribution in [1.29, 1.82) is 0 Å². The zero-order chi connectivity index (χ0) is 37.0. The number of carbonyl (C=O) groups is 4. The Bertz CT molecular complexity index is 1580. The molecule has 0 aliphatic heterocycles. The summed E-state index contributed by atoms with van der Waals surface area (Å²) < 4.78 is 22.5. The third kappa shape index (κ3) is 12.4. The van der Waals surface area contributed by atoms with Crippen molar-refractivity contribution in [2.45, 2.75) is 96.6 Å². The summed E-state index contributed by atoms with van der Waals surface area (Å²) in [5, 5.41) is 8.13. The number of esters is 1. The quantitative estimate of drug-likeness (QED) is 0.0911. The minimum Gasteiger partial charge on any atom is -0.459 e. The predicted molar refractivity (Wildman–Crippen MR) is 194 cm³/mol. The zero-order valence-corrected chi connectivity index (χ0v) is 30.5. The number of nitrogens with one attached hydrogen (secondary N) is 3. The number of alkyl carbamates (subject to hydrolysis) is 2. The molecule has 3 aromatic rings. The number of unbranched alkanes of at least 4 members (excludes halogenated alkanes) is 1. The Balaban J connectivity index is 1.40. The molecule has 51 heavy (non-hydrogen) atoms. The second kappa shape index (κ2) is 17.8. The molecule has 3 amide bonds. The maximum Gasteiger partial charge on any atom is 0.407 e. The molecule has 0 aromatic heterocycles. The molecule has 0 saturated heterocycles. The van der Waals surface area contributed by atoms with E-state index in [-0.39, 0.29) is 32.2 Å². The summed E-state index contributed by atoms with van der Waals surface area (Å²) in [6.07, 6.45) is -0.0924. The van der Waals surface area contributed by atoms with Gasteiger partial charge in [0.25, 0.3) is 0 Å². The van der Waals surface area contributed by atoms with Crippen LogP contribution in [0, 0.1) is 0 Å². The van der Waals surface area contributed by atoms with E-state index in [1.807, 2.05) is 87.5 Å². The van der Waals surface area contributed by atoms with Crippen LogP contribution >= 0.6 is 0 Å². The van der Waals surface area contributed by atoms with Crippen LogP contribution in [0.2, 0.25) is 0 Å². The van der Waals surface area contributed by atoms with Crippen molar-refractivity contribution < 1.29 is 38.1 Å². The van der Waals surface area contributed by atoms with Crippen molar-refractivity contribution in [3.63, 3.8) is 0 Å². The smallest absolute Gasteiger partial charge is 0.407 e. The lowest BCUT2D eigenvalue weighted by Gasteiger charge is -2.26. The first-order chi connectivity index (χ1) is 24.2. The maximum absolute atomic E-state index is 13.7. The van der Waals surface area contributed by atoms with E-state index >= 15 is 0 Å². The Morgan fingerprint density at radius 3 is 1.90 bits per heavy atom. The minimum absolute atomic E-state index is 0.0286. The monoisotopic (exact) mass is 701 g/mol. The third-order valence-electron chi connectivity index (χ3n) is 8.05. The topological polar surface area (TPSA) is 141 Å². The van der Waals surface area contributed by atoms with Gasteiger partial charge in [-0.3, -0.25) is 4.79 Å². The minimum atomic E-state index is -1.17. The summed E-state index contributed by atoms with van der Waals surface area (Å²) in [7, 11) is 0. The van der Waals surface area contributed by atoms with Gasteiger partial charge in [0.05, 0.1) is 12.2 Å². The van der Waals surface area contributed by atoms with E-state index in [1.165, 1.54) is 0 Å². The SMILES string of the molecule is CC(C)(C)OC[C@H](NC(=O)OCC1c2ccccc2-c2ccccc21)C(=O)N[C@@H](CCCCNC(=O)OC(C)(C)C)C(=O)OCc1ccccc1. The highest BCUT2D eigenvalue weighted by atomic mass is 16.6. The van der Waals surface area contributed by atoms with Crippen LogP contribution in [0.25, 0.3) is 11.1 Å². The van der Waals surface area contributed by atoms with Gasteiger partial charge < -0.3 is 34.9 Å². The second-order valence-corrected chi connectivity index (χ2v) is 14.5. The second-order valence-electron chi connectivity index (χ2n) is 14.5. The van der Waals surface area contributed by atoms with Crippen molar-refractivity contribution in [2.24, 2.45) is 0 Å². The van der Waals surface area contributed by atoms with Crippen LogP contribution in [0.1, 0.15) is 83.4 Å². The van der Waals surface area contributed by atoms with E-state index in [0.29, 0.717) is 19.4 Å². The molecule has 0 heterocycles. The molecule has 11 nitrogen and oxygen atoms in total. The van der Waals surface area contributed by atoms with Crippen LogP contribution in [0.4, 0.5) is 9.59 Å². The van der Waals surface area contributed by atoms with Gasteiger partial charge in [0.15, 0.2) is 0 Å². The number of fused-ring (bicyclic) bond motifs is 3. The molecule has 0 radical (unpaired) electrons. The number of benzene rings is 3. The lowest BCUT2D eigenvalue weighted by Crippen LogP contribution is -2.54. The van der Waals surface area contributed by atoms with Crippen molar-refractivity contribution in [1.82, 2.24) is 16.0 Å². The molecule has 0 fully saturated rings. The van der Waals surface area contributed by atoms with Gasteiger partial charge >= 0.3 is 18.2 Å². The van der Waals surface area contributed by atoms with E-state index in [4.69, 9.17) is 18.9 Å². The molecule has 0 unspecified atom stereocenters. The highest BCUT2D eigenvalue weighted by Crippen LogP contribution is 2.44. The van der Waals surface area contributed by atoms with E-state index < -0.39 is 47.3 Å². The Labute approximate surface area is 300 Å². The van der Waals surface area contributed by atoms with Crippen LogP contribution in [0.5, 0.6) is 0 Å².